The molecule has 3 nitrogen and oxygen atoms in total. The number of unbranched alkanes of at least 4 members (excludes halogenated alkanes) is 4. The lowest BCUT2D eigenvalue weighted by Gasteiger charge is -2.05. The molecule has 3 heteroatoms. The van der Waals surface area contributed by atoms with Gasteiger partial charge in [-0.05, 0) is 62.8 Å². The first-order chi connectivity index (χ1) is 11.4. The summed E-state index contributed by atoms with van der Waals surface area (Å²) in [6.07, 6.45) is 13.0. The number of ether oxygens (including phenoxy) is 1. The van der Waals surface area contributed by atoms with Crippen LogP contribution in [0.3, 0.4) is 0 Å². The van der Waals surface area contributed by atoms with E-state index < -0.39 is 0 Å². The lowest BCUT2D eigenvalue weighted by molar-refractivity contribution is 0.126. The van der Waals surface area contributed by atoms with Crippen LogP contribution in [0.2, 0.25) is 0 Å². The van der Waals surface area contributed by atoms with Crippen LogP contribution < -0.4 is 0 Å². The maximum absolute atomic E-state index is 5.71. The largest absolute Gasteiger partial charge is 0.381 e. The maximum atomic E-state index is 5.71. The van der Waals surface area contributed by atoms with Crippen LogP contribution >= 0.6 is 0 Å². The van der Waals surface area contributed by atoms with Gasteiger partial charge in [-0.25, -0.2) is 0 Å². The van der Waals surface area contributed by atoms with Crippen LogP contribution in [-0.4, -0.2) is 23.2 Å². The van der Waals surface area contributed by atoms with Crippen LogP contribution in [-0.2, 0) is 17.6 Å². The first-order valence-corrected chi connectivity index (χ1v) is 8.83. The van der Waals surface area contributed by atoms with E-state index in [-0.39, 0.29) is 0 Å². The molecule has 0 saturated heterocycles. The Labute approximate surface area is 140 Å². The van der Waals surface area contributed by atoms with Crippen LogP contribution in [0.4, 0.5) is 0 Å². The van der Waals surface area contributed by atoms with Gasteiger partial charge in [-0.2, -0.15) is 0 Å². The molecule has 0 unspecified atom stereocenters. The number of hydrogen-bond donors (Lipinski definition) is 0. The van der Waals surface area contributed by atoms with Gasteiger partial charge in [-0.1, -0.05) is 25.0 Å². The monoisotopic (exact) mass is 312 g/mol. The van der Waals surface area contributed by atoms with Gasteiger partial charge in [0.05, 0.1) is 0 Å². The van der Waals surface area contributed by atoms with E-state index in [2.05, 4.69) is 34.2 Å². The van der Waals surface area contributed by atoms with Crippen LogP contribution in [0.1, 0.15) is 49.9 Å². The highest BCUT2D eigenvalue weighted by Gasteiger charge is 1.96. The van der Waals surface area contributed by atoms with Crippen LogP contribution in [0.25, 0.3) is 0 Å². The summed E-state index contributed by atoms with van der Waals surface area (Å²) in [5.41, 5.74) is 2.39. The second-order valence-corrected chi connectivity index (χ2v) is 5.88. The zero-order valence-corrected chi connectivity index (χ0v) is 14.0. The van der Waals surface area contributed by atoms with Crippen molar-refractivity contribution in [1.82, 2.24) is 9.97 Å². The van der Waals surface area contributed by atoms with Gasteiger partial charge in [0.2, 0.25) is 0 Å². The molecular formula is C20H28N2O. The molecule has 0 radical (unpaired) electrons. The van der Waals surface area contributed by atoms with Crippen LogP contribution in [0, 0.1) is 0 Å². The number of rotatable bonds is 12. The van der Waals surface area contributed by atoms with E-state index in [4.69, 9.17) is 4.74 Å². The van der Waals surface area contributed by atoms with E-state index in [1.807, 2.05) is 24.5 Å². The molecule has 2 heterocycles. The summed E-state index contributed by atoms with van der Waals surface area (Å²) in [6, 6.07) is 12.2. The summed E-state index contributed by atoms with van der Waals surface area (Å²) < 4.78 is 5.71. The van der Waals surface area contributed by atoms with E-state index >= 15 is 0 Å². The number of aromatic nitrogens is 2. The molecule has 0 aliphatic carbocycles. The third-order valence-electron chi connectivity index (χ3n) is 3.90. The molecule has 0 fully saturated rings. The normalized spacial score (nSPS) is 10.8. The van der Waals surface area contributed by atoms with E-state index in [1.165, 1.54) is 37.1 Å². The number of hydrogen-bond acceptors (Lipinski definition) is 3. The van der Waals surface area contributed by atoms with Gasteiger partial charge in [0.25, 0.3) is 0 Å². The van der Waals surface area contributed by atoms with Gasteiger partial charge in [0, 0.05) is 37.0 Å². The van der Waals surface area contributed by atoms with E-state index in [9.17, 15) is 0 Å². The molecule has 0 aliphatic rings. The van der Waals surface area contributed by atoms with Crippen molar-refractivity contribution in [2.24, 2.45) is 0 Å². The molecule has 0 atom stereocenters. The topological polar surface area (TPSA) is 35.0 Å². The van der Waals surface area contributed by atoms with Gasteiger partial charge < -0.3 is 4.74 Å². The van der Waals surface area contributed by atoms with Crippen molar-refractivity contribution < 1.29 is 4.74 Å². The summed E-state index contributed by atoms with van der Waals surface area (Å²) in [5, 5.41) is 0. The molecule has 0 aromatic carbocycles. The summed E-state index contributed by atoms with van der Waals surface area (Å²) in [7, 11) is 0. The Hall–Kier alpha value is -1.74. The fourth-order valence-corrected chi connectivity index (χ4v) is 2.57. The minimum Gasteiger partial charge on any atom is -0.381 e. The average molecular weight is 312 g/mol. The van der Waals surface area contributed by atoms with Crippen molar-refractivity contribution in [2.75, 3.05) is 13.2 Å². The summed E-state index contributed by atoms with van der Waals surface area (Å²) >= 11 is 0. The molecule has 0 N–H and O–H groups in total. The zero-order valence-electron chi connectivity index (χ0n) is 14.0. The molecule has 2 rings (SSSR count). The molecule has 0 amide bonds. The maximum Gasteiger partial charge on any atom is 0.0466 e. The van der Waals surface area contributed by atoms with E-state index in [0.29, 0.717) is 0 Å². The lowest BCUT2D eigenvalue weighted by Crippen LogP contribution is -1.98. The van der Waals surface area contributed by atoms with Crippen molar-refractivity contribution in [3.63, 3.8) is 0 Å². The molecule has 0 bridgehead atoms. The van der Waals surface area contributed by atoms with Crippen molar-refractivity contribution in [1.29, 1.82) is 0 Å². The van der Waals surface area contributed by atoms with Crippen LogP contribution in [0.5, 0.6) is 0 Å². The summed E-state index contributed by atoms with van der Waals surface area (Å²) in [6.45, 7) is 1.78. The Morgan fingerprint density at radius 2 is 1.13 bits per heavy atom. The first-order valence-electron chi connectivity index (χ1n) is 8.83. The fraction of sp³-hybridized carbons (Fsp3) is 0.500. The Balaban J connectivity index is 1.34. The SMILES string of the molecule is c1ccc(CCCCCOCCCCCc2ccccn2)nc1. The highest BCUT2D eigenvalue weighted by molar-refractivity contribution is 5.03. The van der Waals surface area contributed by atoms with Gasteiger partial charge in [0.1, 0.15) is 0 Å². The second-order valence-electron chi connectivity index (χ2n) is 5.88. The minimum atomic E-state index is 0.891. The van der Waals surface area contributed by atoms with Crippen molar-refractivity contribution in [3.05, 3.63) is 60.2 Å². The number of pyridine rings is 2. The second kappa shape index (κ2) is 11.8. The molecular weight excluding hydrogens is 284 g/mol. The third-order valence-corrected chi connectivity index (χ3v) is 3.90. The Morgan fingerprint density at radius 1 is 0.609 bits per heavy atom. The predicted molar refractivity (Wildman–Crippen MR) is 94.4 cm³/mol. The molecule has 0 spiro atoms. The van der Waals surface area contributed by atoms with Gasteiger partial charge >= 0.3 is 0 Å². The lowest BCUT2D eigenvalue weighted by atomic mass is 10.1. The molecule has 2 aromatic rings. The number of aryl methyl sites for hydroxylation is 2. The smallest absolute Gasteiger partial charge is 0.0466 e. The highest BCUT2D eigenvalue weighted by atomic mass is 16.5. The summed E-state index contributed by atoms with van der Waals surface area (Å²) in [4.78, 5) is 8.68. The number of nitrogens with zero attached hydrogens (tertiary/aromatic N) is 2. The molecule has 124 valence electrons. The molecule has 23 heavy (non-hydrogen) atoms. The Morgan fingerprint density at radius 3 is 1.57 bits per heavy atom. The first kappa shape index (κ1) is 17.6. The highest BCUT2D eigenvalue weighted by Crippen LogP contribution is 2.06. The minimum absolute atomic E-state index is 0.891. The van der Waals surface area contributed by atoms with Gasteiger partial charge in [-0.3, -0.25) is 9.97 Å². The van der Waals surface area contributed by atoms with E-state index in [0.717, 1.165) is 38.9 Å². The van der Waals surface area contributed by atoms with Crippen LogP contribution in [0.15, 0.2) is 48.8 Å². The molecule has 0 aliphatic heterocycles. The van der Waals surface area contributed by atoms with Gasteiger partial charge in [0.15, 0.2) is 0 Å². The Kier molecular flexibility index (Phi) is 9.02. The van der Waals surface area contributed by atoms with Crippen molar-refractivity contribution in [2.45, 2.75) is 51.4 Å². The zero-order chi connectivity index (χ0) is 16.0. The van der Waals surface area contributed by atoms with E-state index in [1.54, 1.807) is 0 Å². The van der Waals surface area contributed by atoms with Crippen molar-refractivity contribution in [3.8, 4) is 0 Å². The fourth-order valence-electron chi connectivity index (χ4n) is 2.57. The molecule has 0 saturated carbocycles. The Bertz CT molecular complexity index is 454. The summed E-state index contributed by atoms with van der Waals surface area (Å²) in [5.74, 6) is 0. The predicted octanol–water partition coefficient (Wildman–Crippen LogP) is 4.62. The third kappa shape index (κ3) is 8.46. The standard InChI is InChI=1S/C20H28N2O/c1(3-11-19-13-5-7-15-21-19)9-17-23-18-10-2-4-12-20-14-6-8-16-22-20/h5-8,13-16H,1-4,9-12,17-18H2. The van der Waals surface area contributed by atoms with Gasteiger partial charge in [-0.15, -0.1) is 0 Å². The average Bonchev–Trinajstić information content (AvgIpc) is 2.61. The quantitative estimate of drug-likeness (QED) is 0.536. The molecule has 2 aromatic heterocycles. The van der Waals surface area contributed by atoms with Crippen molar-refractivity contribution >= 4 is 0 Å².